The fourth-order valence-electron chi connectivity index (χ4n) is 3.08. The Bertz CT molecular complexity index is 914. The first-order valence-corrected chi connectivity index (χ1v) is 8.91. The summed E-state index contributed by atoms with van der Waals surface area (Å²) >= 11 is 0. The Balaban J connectivity index is 1.32. The molecule has 8 nitrogen and oxygen atoms in total. The fraction of sp³-hybridized carbons (Fsp3) is 0.368. The van der Waals surface area contributed by atoms with Gasteiger partial charge in [-0.25, -0.2) is 4.68 Å². The predicted molar refractivity (Wildman–Crippen MR) is 96.9 cm³/mol. The number of amides is 1. The number of carbonyl (C=O) groups is 1. The molecule has 1 aliphatic carbocycles. The Morgan fingerprint density at radius 2 is 2.11 bits per heavy atom. The van der Waals surface area contributed by atoms with Gasteiger partial charge < -0.3 is 14.6 Å². The molecule has 140 valence electrons. The van der Waals surface area contributed by atoms with Gasteiger partial charge in [-0.05, 0) is 19.8 Å². The van der Waals surface area contributed by atoms with Crippen LogP contribution in [0.3, 0.4) is 0 Å². The van der Waals surface area contributed by atoms with E-state index in [0.717, 1.165) is 24.1 Å². The molecule has 1 N–H and O–H groups in total. The summed E-state index contributed by atoms with van der Waals surface area (Å²) in [4.78, 5) is 12.4. The van der Waals surface area contributed by atoms with Crippen molar-refractivity contribution in [1.29, 1.82) is 0 Å². The largest absolute Gasteiger partial charge is 0.375 e. The first-order valence-electron chi connectivity index (χ1n) is 8.91. The third-order valence-corrected chi connectivity index (χ3v) is 4.92. The summed E-state index contributed by atoms with van der Waals surface area (Å²) in [6.07, 6.45) is 3.42. The molecule has 1 saturated carbocycles. The summed E-state index contributed by atoms with van der Waals surface area (Å²) in [6.45, 7) is 1.93. The molecule has 1 amide bonds. The molecule has 1 aromatic carbocycles. The summed E-state index contributed by atoms with van der Waals surface area (Å²) in [7, 11) is 1.64. The van der Waals surface area contributed by atoms with Crippen molar-refractivity contribution in [3.05, 3.63) is 54.0 Å². The van der Waals surface area contributed by atoms with Crippen LogP contribution in [0.15, 0.2) is 47.1 Å². The number of hydrogen-bond donors (Lipinski definition) is 1. The van der Waals surface area contributed by atoms with E-state index >= 15 is 0 Å². The molecule has 1 aliphatic rings. The first-order chi connectivity index (χ1) is 13.1. The van der Waals surface area contributed by atoms with Crippen molar-refractivity contribution in [2.75, 3.05) is 7.11 Å². The number of nitrogens with one attached hydrogen (secondary N) is 1. The molecule has 2 aromatic heterocycles. The minimum atomic E-state index is -0.250. The second-order valence-corrected chi connectivity index (χ2v) is 6.74. The highest BCUT2D eigenvalue weighted by Gasteiger charge is 2.33. The summed E-state index contributed by atoms with van der Waals surface area (Å²) in [6, 6.07) is 11.6. The van der Waals surface area contributed by atoms with Crippen LogP contribution in [0.5, 0.6) is 0 Å². The van der Waals surface area contributed by atoms with Crippen LogP contribution in [0.2, 0.25) is 0 Å². The van der Waals surface area contributed by atoms with Crippen molar-refractivity contribution in [3.63, 3.8) is 0 Å². The third kappa shape index (κ3) is 3.61. The lowest BCUT2D eigenvalue weighted by Crippen LogP contribution is -2.45. The normalized spacial score (nSPS) is 20.1. The van der Waals surface area contributed by atoms with E-state index in [0.29, 0.717) is 5.69 Å². The Kier molecular flexibility index (Phi) is 4.72. The van der Waals surface area contributed by atoms with Gasteiger partial charge >= 0.3 is 0 Å². The van der Waals surface area contributed by atoms with E-state index in [1.165, 1.54) is 0 Å². The second-order valence-electron chi connectivity index (χ2n) is 6.74. The van der Waals surface area contributed by atoms with E-state index < -0.39 is 0 Å². The van der Waals surface area contributed by atoms with Crippen LogP contribution in [-0.2, 0) is 4.74 Å². The maximum atomic E-state index is 12.4. The zero-order chi connectivity index (χ0) is 18.8. The Labute approximate surface area is 156 Å². The first kappa shape index (κ1) is 17.4. The summed E-state index contributed by atoms with van der Waals surface area (Å²) in [5.74, 6) is -0.0327. The number of hydrogen-bond acceptors (Lipinski definition) is 6. The van der Waals surface area contributed by atoms with Gasteiger partial charge in [-0.2, -0.15) is 0 Å². The molecule has 8 heteroatoms. The number of nitrogens with zero attached hydrogens (tertiary/aromatic N) is 4. The number of benzene rings is 1. The van der Waals surface area contributed by atoms with Crippen molar-refractivity contribution in [2.45, 2.75) is 38.0 Å². The predicted octanol–water partition coefficient (Wildman–Crippen LogP) is 2.77. The van der Waals surface area contributed by atoms with Crippen molar-refractivity contribution in [3.8, 4) is 11.3 Å². The maximum absolute atomic E-state index is 12.4. The molecule has 3 aromatic rings. The summed E-state index contributed by atoms with van der Waals surface area (Å²) in [5.41, 5.74) is 2.37. The summed E-state index contributed by atoms with van der Waals surface area (Å²) < 4.78 is 12.3. The van der Waals surface area contributed by atoms with E-state index in [-0.39, 0.29) is 29.9 Å². The molecule has 0 saturated heterocycles. The molecule has 1 fully saturated rings. The lowest BCUT2D eigenvalue weighted by Gasteiger charge is -2.35. The van der Waals surface area contributed by atoms with Gasteiger partial charge in [0, 0.05) is 24.8 Å². The van der Waals surface area contributed by atoms with E-state index in [9.17, 15) is 4.79 Å². The summed E-state index contributed by atoms with van der Waals surface area (Å²) in [5, 5.41) is 15.3. The molecule has 2 heterocycles. The Morgan fingerprint density at radius 3 is 2.85 bits per heavy atom. The molecule has 0 spiro atoms. The van der Waals surface area contributed by atoms with Crippen molar-refractivity contribution in [2.24, 2.45) is 0 Å². The SMILES string of the molecule is CO[C@H](C)c1cn(C2CC(NC(=O)c3cc(-c4ccccc4)no3)C2)nn1. The molecule has 27 heavy (non-hydrogen) atoms. The standard InChI is InChI=1S/C19H21N5O3/c1-12(26-2)17-11-24(23-21-17)15-8-14(9-15)20-19(25)18-10-16(22-27-18)13-6-4-3-5-7-13/h3-7,10-12,14-15H,8-9H2,1-2H3,(H,20,25)/t12-,14?,15?/m1/s1. The van der Waals surface area contributed by atoms with Crippen LogP contribution in [0.4, 0.5) is 0 Å². The highest BCUT2D eigenvalue weighted by Crippen LogP contribution is 2.32. The van der Waals surface area contributed by atoms with E-state index in [4.69, 9.17) is 9.26 Å². The van der Waals surface area contributed by atoms with Gasteiger partial charge in [-0.1, -0.05) is 40.7 Å². The average Bonchev–Trinajstić information content (AvgIpc) is 3.34. The van der Waals surface area contributed by atoms with Crippen LogP contribution in [-0.4, -0.2) is 39.2 Å². The van der Waals surface area contributed by atoms with Crippen LogP contribution < -0.4 is 5.32 Å². The molecular formula is C19H21N5O3. The lowest BCUT2D eigenvalue weighted by atomic mass is 9.87. The molecule has 0 radical (unpaired) electrons. The number of rotatable bonds is 6. The molecule has 0 unspecified atom stereocenters. The topological polar surface area (TPSA) is 95.1 Å². The van der Waals surface area contributed by atoms with Gasteiger partial charge in [0.15, 0.2) is 0 Å². The number of ether oxygens (including phenoxy) is 1. The highest BCUT2D eigenvalue weighted by molar-refractivity contribution is 5.92. The van der Waals surface area contributed by atoms with E-state index in [1.54, 1.807) is 13.2 Å². The monoisotopic (exact) mass is 367 g/mol. The van der Waals surface area contributed by atoms with Crippen LogP contribution in [0.1, 0.15) is 48.2 Å². The fourth-order valence-corrected chi connectivity index (χ4v) is 3.08. The van der Waals surface area contributed by atoms with Gasteiger partial charge in [0.2, 0.25) is 5.76 Å². The quantitative estimate of drug-likeness (QED) is 0.720. The van der Waals surface area contributed by atoms with Crippen LogP contribution >= 0.6 is 0 Å². The Hall–Kier alpha value is -3.00. The third-order valence-electron chi connectivity index (χ3n) is 4.92. The molecule has 4 rings (SSSR count). The number of aromatic nitrogens is 4. The van der Waals surface area contributed by atoms with Gasteiger partial charge in [0.1, 0.15) is 11.4 Å². The van der Waals surface area contributed by atoms with Crippen molar-refractivity contribution >= 4 is 5.91 Å². The number of methoxy groups -OCH3 is 1. The molecular weight excluding hydrogens is 346 g/mol. The van der Waals surface area contributed by atoms with Crippen LogP contribution in [0.25, 0.3) is 11.3 Å². The highest BCUT2D eigenvalue weighted by atomic mass is 16.5. The van der Waals surface area contributed by atoms with Gasteiger partial charge in [-0.3, -0.25) is 4.79 Å². The molecule has 0 aliphatic heterocycles. The van der Waals surface area contributed by atoms with E-state index in [2.05, 4.69) is 20.8 Å². The van der Waals surface area contributed by atoms with Gasteiger partial charge in [-0.15, -0.1) is 5.10 Å². The van der Waals surface area contributed by atoms with Gasteiger partial charge in [0.05, 0.1) is 18.3 Å². The van der Waals surface area contributed by atoms with E-state index in [1.807, 2.05) is 48.1 Å². The van der Waals surface area contributed by atoms with Crippen molar-refractivity contribution < 1.29 is 14.1 Å². The second kappa shape index (κ2) is 7.32. The smallest absolute Gasteiger partial charge is 0.290 e. The van der Waals surface area contributed by atoms with Crippen molar-refractivity contribution in [1.82, 2.24) is 25.5 Å². The minimum Gasteiger partial charge on any atom is -0.375 e. The maximum Gasteiger partial charge on any atom is 0.290 e. The average molecular weight is 367 g/mol. The molecule has 0 bridgehead atoms. The number of carbonyl (C=O) groups excluding carboxylic acids is 1. The van der Waals surface area contributed by atoms with Gasteiger partial charge in [0.25, 0.3) is 5.91 Å². The Morgan fingerprint density at radius 1 is 1.33 bits per heavy atom. The van der Waals surface area contributed by atoms with Crippen LogP contribution in [0, 0.1) is 0 Å². The zero-order valence-electron chi connectivity index (χ0n) is 15.2. The minimum absolute atomic E-state index is 0.0836. The lowest BCUT2D eigenvalue weighted by molar-refractivity contribution is 0.0850. The molecule has 1 atom stereocenters. The zero-order valence-corrected chi connectivity index (χ0v) is 15.2.